The smallest absolute Gasteiger partial charge is 0.274 e. The SMILES string of the molecule is NCCCN(C(=O)c1cccc(=O)[nH]1)c1ccc(F)cc1. The van der Waals surface area contributed by atoms with Gasteiger partial charge in [-0.05, 0) is 43.3 Å². The van der Waals surface area contributed by atoms with Crippen LogP contribution in [-0.2, 0) is 0 Å². The fraction of sp³-hybridized carbons (Fsp3) is 0.200. The Morgan fingerprint density at radius 3 is 2.52 bits per heavy atom. The summed E-state index contributed by atoms with van der Waals surface area (Å²) in [5.41, 5.74) is 5.88. The number of amides is 1. The third-order valence-electron chi connectivity index (χ3n) is 2.97. The Hall–Kier alpha value is -2.47. The summed E-state index contributed by atoms with van der Waals surface area (Å²) < 4.78 is 13.0. The number of anilines is 1. The predicted octanol–water partition coefficient (Wildman–Crippen LogP) is 1.51. The quantitative estimate of drug-likeness (QED) is 0.875. The summed E-state index contributed by atoms with van der Waals surface area (Å²) in [4.78, 5) is 27.8. The largest absolute Gasteiger partial charge is 0.330 e. The molecule has 0 atom stereocenters. The molecule has 0 bridgehead atoms. The Labute approximate surface area is 121 Å². The van der Waals surface area contributed by atoms with Gasteiger partial charge in [-0.15, -0.1) is 0 Å². The fourth-order valence-electron chi connectivity index (χ4n) is 1.94. The highest BCUT2D eigenvalue weighted by molar-refractivity contribution is 6.04. The number of nitrogens with one attached hydrogen (secondary N) is 1. The maximum atomic E-state index is 13.0. The van der Waals surface area contributed by atoms with Gasteiger partial charge >= 0.3 is 0 Å². The van der Waals surface area contributed by atoms with Gasteiger partial charge in [-0.3, -0.25) is 9.59 Å². The van der Waals surface area contributed by atoms with Gasteiger partial charge in [-0.25, -0.2) is 4.39 Å². The lowest BCUT2D eigenvalue weighted by molar-refractivity contribution is 0.0981. The summed E-state index contributed by atoms with van der Waals surface area (Å²) in [6.07, 6.45) is 0.597. The minimum absolute atomic E-state index is 0.184. The number of aromatic nitrogens is 1. The van der Waals surface area contributed by atoms with Gasteiger partial charge in [0.1, 0.15) is 11.5 Å². The molecule has 1 heterocycles. The van der Waals surface area contributed by atoms with Crippen LogP contribution in [0.2, 0.25) is 0 Å². The second-order valence-corrected chi connectivity index (χ2v) is 4.50. The summed E-state index contributed by atoms with van der Waals surface area (Å²) in [6.45, 7) is 0.814. The second-order valence-electron chi connectivity index (χ2n) is 4.50. The first-order valence-corrected chi connectivity index (χ1v) is 6.58. The van der Waals surface area contributed by atoms with Crippen molar-refractivity contribution < 1.29 is 9.18 Å². The number of nitrogens with zero attached hydrogens (tertiary/aromatic N) is 1. The van der Waals surface area contributed by atoms with E-state index in [0.29, 0.717) is 25.2 Å². The third kappa shape index (κ3) is 3.76. The van der Waals surface area contributed by atoms with E-state index < -0.39 is 0 Å². The van der Waals surface area contributed by atoms with Crippen LogP contribution in [0.4, 0.5) is 10.1 Å². The molecule has 1 aromatic heterocycles. The van der Waals surface area contributed by atoms with Crippen molar-refractivity contribution in [3.8, 4) is 0 Å². The van der Waals surface area contributed by atoms with Crippen molar-refractivity contribution in [2.75, 3.05) is 18.0 Å². The molecule has 0 radical (unpaired) electrons. The highest BCUT2D eigenvalue weighted by atomic mass is 19.1. The number of hydrogen-bond acceptors (Lipinski definition) is 3. The normalized spacial score (nSPS) is 10.4. The highest BCUT2D eigenvalue weighted by Crippen LogP contribution is 2.17. The Bertz CT molecular complexity index is 667. The summed E-state index contributed by atoms with van der Waals surface area (Å²) >= 11 is 0. The molecule has 0 aliphatic rings. The van der Waals surface area contributed by atoms with Gasteiger partial charge in [0.05, 0.1) is 0 Å². The number of benzene rings is 1. The molecule has 0 saturated carbocycles. The summed E-state index contributed by atoms with van der Waals surface area (Å²) in [5.74, 6) is -0.731. The molecule has 0 unspecified atom stereocenters. The molecular formula is C15H16FN3O2. The van der Waals surface area contributed by atoms with E-state index in [0.717, 1.165) is 0 Å². The molecule has 110 valence electrons. The number of H-pyrrole nitrogens is 1. The molecule has 3 N–H and O–H groups in total. The maximum Gasteiger partial charge on any atom is 0.274 e. The molecule has 2 rings (SSSR count). The monoisotopic (exact) mass is 289 g/mol. The topological polar surface area (TPSA) is 79.2 Å². The number of carbonyl (C=O) groups excluding carboxylic acids is 1. The molecule has 5 nitrogen and oxygen atoms in total. The molecule has 1 amide bonds. The first kappa shape index (κ1) is 14.9. The van der Waals surface area contributed by atoms with Crippen LogP contribution in [0, 0.1) is 5.82 Å². The first-order chi connectivity index (χ1) is 10.1. The molecule has 0 spiro atoms. The Balaban J connectivity index is 2.33. The van der Waals surface area contributed by atoms with Crippen molar-refractivity contribution in [3.63, 3.8) is 0 Å². The van der Waals surface area contributed by atoms with Crippen LogP contribution in [0.3, 0.4) is 0 Å². The number of nitrogens with two attached hydrogens (primary N) is 1. The molecule has 0 aliphatic carbocycles. The van der Waals surface area contributed by atoms with Crippen molar-refractivity contribution in [1.29, 1.82) is 0 Å². The molecule has 0 aliphatic heterocycles. The molecule has 1 aromatic carbocycles. The van der Waals surface area contributed by atoms with Crippen molar-refractivity contribution in [2.45, 2.75) is 6.42 Å². The number of hydrogen-bond donors (Lipinski definition) is 2. The van der Waals surface area contributed by atoms with Gasteiger partial charge in [0, 0.05) is 18.3 Å². The average molecular weight is 289 g/mol. The van der Waals surface area contributed by atoms with E-state index in [2.05, 4.69) is 4.98 Å². The summed E-state index contributed by atoms with van der Waals surface area (Å²) in [5, 5.41) is 0. The standard InChI is InChI=1S/C15H16FN3O2/c16-11-5-7-12(8-6-11)19(10-2-9-17)15(21)13-3-1-4-14(20)18-13/h1,3-8H,2,9-10,17H2,(H,18,20). The van der Waals surface area contributed by atoms with Gasteiger partial charge < -0.3 is 15.6 Å². The second kappa shape index (κ2) is 6.81. The van der Waals surface area contributed by atoms with E-state index in [1.54, 1.807) is 0 Å². The zero-order valence-electron chi connectivity index (χ0n) is 11.4. The van der Waals surface area contributed by atoms with Crippen LogP contribution in [0.1, 0.15) is 16.9 Å². The van der Waals surface area contributed by atoms with Crippen LogP contribution in [0.15, 0.2) is 47.3 Å². The summed E-state index contributed by atoms with van der Waals surface area (Å²) in [7, 11) is 0. The average Bonchev–Trinajstić information content (AvgIpc) is 2.49. The van der Waals surface area contributed by atoms with Crippen molar-refractivity contribution in [1.82, 2.24) is 4.98 Å². The lowest BCUT2D eigenvalue weighted by atomic mass is 10.2. The predicted molar refractivity (Wildman–Crippen MR) is 78.8 cm³/mol. The van der Waals surface area contributed by atoms with Gasteiger partial charge in [-0.1, -0.05) is 6.07 Å². The van der Waals surface area contributed by atoms with E-state index in [1.807, 2.05) is 0 Å². The zero-order valence-corrected chi connectivity index (χ0v) is 11.4. The van der Waals surface area contributed by atoms with E-state index in [1.165, 1.54) is 47.4 Å². The van der Waals surface area contributed by atoms with E-state index in [-0.39, 0.29) is 23.0 Å². The van der Waals surface area contributed by atoms with Gasteiger partial charge in [0.15, 0.2) is 0 Å². The third-order valence-corrected chi connectivity index (χ3v) is 2.97. The Kier molecular flexibility index (Phi) is 4.84. The molecular weight excluding hydrogens is 273 g/mol. The zero-order chi connectivity index (χ0) is 15.2. The van der Waals surface area contributed by atoms with Crippen LogP contribution < -0.4 is 16.2 Å². The number of rotatable bonds is 5. The maximum absolute atomic E-state index is 13.0. The number of aromatic amines is 1. The van der Waals surface area contributed by atoms with Gasteiger partial charge in [-0.2, -0.15) is 0 Å². The molecule has 0 fully saturated rings. The fourth-order valence-corrected chi connectivity index (χ4v) is 1.94. The van der Waals surface area contributed by atoms with Crippen molar-refractivity contribution >= 4 is 11.6 Å². The van der Waals surface area contributed by atoms with Crippen molar-refractivity contribution in [2.24, 2.45) is 5.73 Å². The van der Waals surface area contributed by atoms with Crippen LogP contribution in [0.5, 0.6) is 0 Å². The molecule has 6 heteroatoms. The minimum Gasteiger partial charge on any atom is -0.330 e. The Morgan fingerprint density at radius 1 is 1.19 bits per heavy atom. The van der Waals surface area contributed by atoms with Crippen LogP contribution >= 0.6 is 0 Å². The van der Waals surface area contributed by atoms with E-state index >= 15 is 0 Å². The molecule has 2 aromatic rings. The van der Waals surface area contributed by atoms with E-state index in [9.17, 15) is 14.0 Å². The van der Waals surface area contributed by atoms with E-state index in [4.69, 9.17) is 5.73 Å². The van der Waals surface area contributed by atoms with Gasteiger partial charge in [0.2, 0.25) is 5.56 Å². The summed E-state index contributed by atoms with van der Waals surface area (Å²) in [6, 6.07) is 9.98. The minimum atomic E-state index is -0.377. The van der Waals surface area contributed by atoms with Gasteiger partial charge in [0.25, 0.3) is 5.91 Å². The lowest BCUT2D eigenvalue weighted by Crippen LogP contribution is -2.34. The number of halogens is 1. The number of carbonyl (C=O) groups is 1. The molecule has 21 heavy (non-hydrogen) atoms. The first-order valence-electron chi connectivity index (χ1n) is 6.58. The highest BCUT2D eigenvalue weighted by Gasteiger charge is 2.18. The van der Waals surface area contributed by atoms with Crippen molar-refractivity contribution in [3.05, 3.63) is 64.3 Å². The molecule has 0 saturated heterocycles. The van der Waals surface area contributed by atoms with Crippen LogP contribution in [0.25, 0.3) is 0 Å². The lowest BCUT2D eigenvalue weighted by Gasteiger charge is -2.22. The van der Waals surface area contributed by atoms with Crippen LogP contribution in [-0.4, -0.2) is 24.0 Å². The Morgan fingerprint density at radius 2 is 1.90 bits per heavy atom. The number of pyridine rings is 1.